The van der Waals surface area contributed by atoms with E-state index in [0.29, 0.717) is 5.41 Å². The molecule has 0 bridgehead atoms. The molecule has 1 N–H and O–H groups in total. The zero-order chi connectivity index (χ0) is 9.73. The SMILES string of the molecule is CC(=CCl)CNCC1(CCCl)CC1. The maximum Gasteiger partial charge on any atom is 0.0229 e. The molecule has 0 aromatic carbocycles. The van der Waals surface area contributed by atoms with E-state index in [0.717, 1.165) is 25.4 Å². The van der Waals surface area contributed by atoms with Gasteiger partial charge in [-0.2, -0.15) is 0 Å². The van der Waals surface area contributed by atoms with Crippen molar-refractivity contribution < 1.29 is 0 Å². The van der Waals surface area contributed by atoms with Crippen LogP contribution in [0.2, 0.25) is 0 Å². The van der Waals surface area contributed by atoms with E-state index in [1.165, 1.54) is 18.4 Å². The fourth-order valence-electron chi connectivity index (χ4n) is 1.46. The minimum atomic E-state index is 0.522. The minimum absolute atomic E-state index is 0.522. The Balaban J connectivity index is 2.12. The first-order chi connectivity index (χ1) is 6.22. The molecule has 76 valence electrons. The molecule has 3 heteroatoms. The van der Waals surface area contributed by atoms with E-state index in [1.807, 2.05) is 6.92 Å². The van der Waals surface area contributed by atoms with Crippen molar-refractivity contribution in [1.29, 1.82) is 0 Å². The second-order valence-corrected chi connectivity index (χ2v) is 4.59. The van der Waals surface area contributed by atoms with Crippen molar-refractivity contribution >= 4 is 23.2 Å². The summed E-state index contributed by atoms with van der Waals surface area (Å²) in [7, 11) is 0. The van der Waals surface area contributed by atoms with Crippen LogP contribution in [0, 0.1) is 5.41 Å². The highest BCUT2D eigenvalue weighted by molar-refractivity contribution is 6.25. The largest absolute Gasteiger partial charge is 0.312 e. The fourth-order valence-corrected chi connectivity index (χ4v) is 1.93. The molecule has 0 aromatic heterocycles. The predicted octanol–water partition coefficient (Wildman–Crippen LogP) is 3.13. The molecule has 0 aromatic rings. The molecular formula is C10H17Cl2N. The lowest BCUT2D eigenvalue weighted by Crippen LogP contribution is -2.25. The Bertz CT molecular complexity index is 185. The first kappa shape index (κ1) is 11.4. The van der Waals surface area contributed by atoms with E-state index in [1.54, 1.807) is 5.54 Å². The molecule has 0 unspecified atom stereocenters. The molecule has 0 atom stereocenters. The fraction of sp³-hybridized carbons (Fsp3) is 0.800. The Morgan fingerprint density at radius 2 is 2.23 bits per heavy atom. The van der Waals surface area contributed by atoms with Crippen LogP contribution in [0.25, 0.3) is 0 Å². The minimum Gasteiger partial charge on any atom is -0.312 e. The number of hydrogen-bond donors (Lipinski definition) is 1. The summed E-state index contributed by atoms with van der Waals surface area (Å²) in [5, 5.41) is 3.41. The van der Waals surface area contributed by atoms with Crippen molar-refractivity contribution in [2.75, 3.05) is 19.0 Å². The third-order valence-electron chi connectivity index (χ3n) is 2.67. The van der Waals surface area contributed by atoms with Gasteiger partial charge in [0.15, 0.2) is 0 Å². The highest BCUT2D eigenvalue weighted by atomic mass is 35.5. The molecular weight excluding hydrogens is 205 g/mol. The molecule has 1 aliphatic rings. The third-order valence-corrected chi connectivity index (χ3v) is 3.23. The van der Waals surface area contributed by atoms with Gasteiger partial charge in [0.05, 0.1) is 0 Å². The van der Waals surface area contributed by atoms with Crippen molar-refractivity contribution in [3.05, 3.63) is 11.1 Å². The van der Waals surface area contributed by atoms with Crippen molar-refractivity contribution in [2.45, 2.75) is 26.2 Å². The van der Waals surface area contributed by atoms with Gasteiger partial charge in [-0.1, -0.05) is 11.6 Å². The molecule has 1 nitrogen and oxygen atoms in total. The topological polar surface area (TPSA) is 12.0 Å². The van der Waals surface area contributed by atoms with Gasteiger partial charge < -0.3 is 5.32 Å². The van der Waals surface area contributed by atoms with Gasteiger partial charge in [-0.3, -0.25) is 0 Å². The van der Waals surface area contributed by atoms with Crippen LogP contribution in [0.3, 0.4) is 0 Å². The van der Waals surface area contributed by atoms with Crippen LogP contribution in [0.1, 0.15) is 26.2 Å². The quantitative estimate of drug-likeness (QED) is 0.681. The Labute approximate surface area is 90.5 Å². The van der Waals surface area contributed by atoms with Gasteiger partial charge in [0.1, 0.15) is 0 Å². The lowest BCUT2D eigenvalue weighted by molar-refractivity contribution is 0.456. The van der Waals surface area contributed by atoms with Crippen LogP contribution in [-0.2, 0) is 0 Å². The van der Waals surface area contributed by atoms with E-state index >= 15 is 0 Å². The van der Waals surface area contributed by atoms with E-state index in [-0.39, 0.29) is 0 Å². The summed E-state index contributed by atoms with van der Waals surface area (Å²) >= 11 is 11.3. The highest BCUT2D eigenvalue weighted by Crippen LogP contribution is 2.48. The lowest BCUT2D eigenvalue weighted by Gasteiger charge is -2.14. The average Bonchev–Trinajstić information content (AvgIpc) is 2.86. The Kier molecular flexibility index (Phi) is 4.57. The molecule has 1 saturated carbocycles. The van der Waals surface area contributed by atoms with Crippen LogP contribution in [0.5, 0.6) is 0 Å². The summed E-state index contributed by atoms with van der Waals surface area (Å²) in [6.07, 6.45) is 3.80. The predicted molar refractivity (Wildman–Crippen MR) is 59.5 cm³/mol. The van der Waals surface area contributed by atoms with Gasteiger partial charge in [-0.15, -0.1) is 11.6 Å². The van der Waals surface area contributed by atoms with Crippen LogP contribution >= 0.6 is 23.2 Å². The van der Waals surface area contributed by atoms with Gasteiger partial charge in [0.2, 0.25) is 0 Å². The molecule has 13 heavy (non-hydrogen) atoms. The second kappa shape index (κ2) is 5.23. The standard InChI is InChI=1S/C10H17Cl2N/c1-9(6-12)7-13-8-10(2-3-10)4-5-11/h6,13H,2-5,7-8H2,1H3. The zero-order valence-electron chi connectivity index (χ0n) is 8.08. The van der Waals surface area contributed by atoms with Crippen LogP contribution < -0.4 is 5.32 Å². The van der Waals surface area contributed by atoms with Gasteiger partial charge in [-0.25, -0.2) is 0 Å². The highest BCUT2D eigenvalue weighted by Gasteiger charge is 2.40. The normalized spacial score (nSPS) is 20.4. The van der Waals surface area contributed by atoms with Gasteiger partial charge in [-0.05, 0) is 37.2 Å². The summed E-state index contributed by atoms with van der Waals surface area (Å²) < 4.78 is 0. The zero-order valence-corrected chi connectivity index (χ0v) is 9.59. The number of rotatable bonds is 6. The number of halogens is 2. The molecule has 0 radical (unpaired) electrons. The van der Waals surface area contributed by atoms with Crippen molar-refractivity contribution in [3.8, 4) is 0 Å². The van der Waals surface area contributed by atoms with Crippen molar-refractivity contribution in [3.63, 3.8) is 0 Å². The molecule has 0 heterocycles. The summed E-state index contributed by atoms with van der Waals surface area (Å²) in [6, 6.07) is 0. The van der Waals surface area contributed by atoms with E-state index < -0.39 is 0 Å². The van der Waals surface area contributed by atoms with Crippen LogP contribution in [0.4, 0.5) is 0 Å². The average molecular weight is 222 g/mol. The van der Waals surface area contributed by atoms with Crippen molar-refractivity contribution in [1.82, 2.24) is 5.32 Å². The first-order valence-electron chi connectivity index (χ1n) is 4.75. The van der Waals surface area contributed by atoms with Gasteiger partial charge >= 0.3 is 0 Å². The monoisotopic (exact) mass is 221 g/mol. The van der Waals surface area contributed by atoms with Gasteiger partial charge in [0, 0.05) is 24.5 Å². The molecule has 1 aliphatic carbocycles. The molecule has 1 rings (SSSR count). The van der Waals surface area contributed by atoms with Crippen LogP contribution in [-0.4, -0.2) is 19.0 Å². The maximum atomic E-state index is 5.73. The number of nitrogens with one attached hydrogen (secondary N) is 1. The third kappa shape index (κ3) is 3.88. The second-order valence-electron chi connectivity index (χ2n) is 4.00. The summed E-state index contributed by atoms with van der Waals surface area (Å²) in [5.41, 5.74) is 3.34. The lowest BCUT2D eigenvalue weighted by atomic mass is 10.0. The summed E-state index contributed by atoms with van der Waals surface area (Å²) in [4.78, 5) is 0. The molecule has 0 amide bonds. The first-order valence-corrected chi connectivity index (χ1v) is 5.72. The Morgan fingerprint density at radius 1 is 1.54 bits per heavy atom. The molecule has 0 spiro atoms. The molecule has 0 aliphatic heterocycles. The summed E-state index contributed by atoms with van der Waals surface area (Å²) in [6.45, 7) is 4.01. The number of hydrogen-bond acceptors (Lipinski definition) is 1. The van der Waals surface area contributed by atoms with Crippen molar-refractivity contribution in [2.24, 2.45) is 5.41 Å². The Hall–Kier alpha value is 0.280. The van der Waals surface area contributed by atoms with E-state index in [9.17, 15) is 0 Å². The Morgan fingerprint density at radius 3 is 2.69 bits per heavy atom. The number of alkyl halides is 1. The molecule has 0 saturated heterocycles. The van der Waals surface area contributed by atoms with E-state index in [4.69, 9.17) is 23.2 Å². The van der Waals surface area contributed by atoms with Gasteiger partial charge in [0.25, 0.3) is 0 Å². The smallest absolute Gasteiger partial charge is 0.0229 e. The van der Waals surface area contributed by atoms with Crippen LogP contribution in [0.15, 0.2) is 11.1 Å². The maximum absolute atomic E-state index is 5.73. The molecule has 1 fully saturated rings. The summed E-state index contributed by atoms with van der Waals surface area (Å²) in [5.74, 6) is 0.784. The van der Waals surface area contributed by atoms with E-state index in [2.05, 4.69) is 5.32 Å².